The molecule has 0 aromatic carbocycles. The van der Waals surface area contributed by atoms with E-state index in [9.17, 15) is 0 Å². The van der Waals surface area contributed by atoms with Crippen molar-refractivity contribution in [2.45, 2.75) is 30.9 Å². The van der Waals surface area contributed by atoms with Gasteiger partial charge in [0.1, 0.15) is 0 Å². The van der Waals surface area contributed by atoms with Crippen LogP contribution in [0, 0.1) is 6.92 Å². The Morgan fingerprint density at radius 2 is 2.09 bits per heavy atom. The number of aryl methyl sites for hydroxylation is 1. The first-order chi connectivity index (χ1) is 5.18. The zero-order valence-electron chi connectivity index (χ0n) is 7.16. The second-order valence-corrected chi connectivity index (χ2v) is 4.45. The Balaban J connectivity index is 2.66. The Labute approximate surface area is 72.2 Å². The van der Waals surface area contributed by atoms with E-state index in [0.29, 0.717) is 5.25 Å². The number of thioether (sulfide) groups is 1. The van der Waals surface area contributed by atoms with Gasteiger partial charge in [0.2, 0.25) is 0 Å². The summed E-state index contributed by atoms with van der Waals surface area (Å²) in [6, 6.07) is 4.16. The van der Waals surface area contributed by atoms with Crippen LogP contribution >= 0.6 is 11.8 Å². The van der Waals surface area contributed by atoms with Crippen molar-refractivity contribution < 1.29 is 0 Å². The van der Waals surface area contributed by atoms with Gasteiger partial charge in [-0.25, -0.2) is 0 Å². The Kier molecular flexibility index (Phi) is 2.94. The molecule has 0 fully saturated rings. The van der Waals surface area contributed by atoms with Crippen molar-refractivity contribution in [3.63, 3.8) is 0 Å². The van der Waals surface area contributed by atoms with Crippen LogP contribution in [0.3, 0.4) is 0 Å². The third-order valence-electron chi connectivity index (χ3n) is 1.26. The number of pyridine rings is 1. The summed E-state index contributed by atoms with van der Waals surface area (Å²) in [6.07, 6.45) is 1.93. The molecule has 1 aromatic heterocycles. The lowest BCUT2D eigenvalue weighted by molar-refractivity contribution is 1.09. The summed E-state index contributed by atoms with van der Waals surface area (Å²) in [5.74, 6) is 0. The summed E-state index contributed by atoms with van der Waals surface area (Å²) in [6.45, 7) is 6.37. The molecule has 0 bridgehead atoms. The molecule has 0 aliphatic rings. The molecule has 0 saturated carbocycles. The van der Waals surface area contributed by atoms with Gasteiger partial charge in [0, 0.05) is 22.0 Å². The van der Waals surface area contributed by atoms with Gasteiger partial charge < -0.3 is 0 Å². The van der Waals surface area contributed by atoms with Crippen LogP contribution in [0.15, 0.2) is 23.2 Å². The second kappa shape index (κ2) is 3.77. The minimum Gasteiger partial charge on any atom is -0.260 e. The molecule has 0 amide bonds. The molecule has 0 unspecified atom stereocenters. The molecule has 0 N–H and O–H groups in total. The van der Waals surface area contributed by atoms with Gasteiger partial charge >= 0.3 is 0 Å². The van der Waals surface area contributed by atoms with Crippen LogP contribution in [0.4, 0.5) is 0 Å². The van der Waals surface area contributed by atoms with Crippen molar-refractivity contribution in [3.8, 4) is 0 Å². The smallest absolute Gasteiger partial charge is 0.0407 e. The molecule has 1 heterocycles. The number of hydrogen-bond acceptors (Lipinski definition) is 2. The van der Waals surface area contributed by atoms with Gasteiger partial charge in [0.15, 0.2) is 0 Å². The highest BCUT2D eigenvalue weighted by atomic mass is 32.2. The average Bonchev–Trinajstić information content (AvgIpc) is 1.93. The first-order valence-corrected chi connectivity index (χ1v) is 4.66. The minimum atomic E-state index is 0.638. The van der Waals surface area contributed by atoms with Crippen molar-refractivity contribution in [1.29, 1.82) is 0 Å². The molecular formula is C9H13NS. The van der Waals surface area contributed by atoms with E-state index in [0.717, 1.165) is 5.69 Å². The summed E-state index contributed by atoms with van der Waals surface area (Å²) < 4.78 is 0. The Morgan fingerprint density at radius 1 is 1.36 bits per heavy atom. The maximum Gasteiger partial charge on any atom is 0.0407 e. The molecule has 0 atom stereocenters. The monoisotopic (exact) mass is 167 g/mol. The maximum absolute atomic E-state index is 4.21. The van der Waals surface area contributed by atoms with Crippen molar-refractivity contribution in [3.05, 3.63) is 24.0 Å². The minimum absolute atomic E-state index is 0.638. The highest BCUT2D eigenvalue weighted by Crippen LogP contribution is 2.21. The molecule has 0 saturated heterocycles. The average molecular weight is 167 g/mol. The highest BCUT2D eigenvalue weighted by Gasteiger charge is 1.96. The third-order valence-corrected chi connectivity index (χ3v) is 2.24. The van der Waals surface area contributed by atoms with E-state index in [2.05, 4.69) is 24.9 Å². The van der Waals surface area contributed by atoms with Crippen molar-refractivity contribution in [2.24, 2.45) is 0 Å². The predicted molar refractivity (Wildman–Crippen MR) is 50.0 cm³/mol. The molecule has 60 valence electrons. The summed E-state index contributed by atoms with van der Waals surface area (Å²) in [4.78, 5) is 5.47. The van der Waals surface area contributed by atoms with E-state index >= 15 is 0 Å². The molecule has 2 heteroatoms. The zero-order chi connectivity index (χ0) is 8.27. The van der Waals surface area contributed by atoms with Gasteiger partial charge in [-0.1, -0.05) is 13.8 Å². The van der Waals surface area contributed by atoms with Crippen LogP contribution in [0.25, 0.3) is 0 Å². The van der Waals surface area contributed by atoms with Crippen molar-refractivity contribution >= 4 is 11.8 Å². The largest absolute Gasteiger partial charge is 0.260 e. The number of nitrogens with zero attached hydrogens (tertiary/aromatic N) is 1. The van der Waals surface area contributed by atoms with E-state index in [1.54, 1.807) is 0 Å². The van der Waals surface area contributed by atoms with Gasteiger partial charge in [-0.15, -0.1) is 11.8 Å². The lowest BCUT2D eigenvalue weighted by atomic mass is 10.4. The van der Waals surface area contributed by atoms with E-state index < -0.39 is 0 Å². The van der Waals surface area contributed by atoms with Crippen LogP contribution in [0.5, 0.6) is 0 Å². The number of aromatic nitrogens is 1. The third kappa shape index (κ3) is 2.93. The predicted octanol–water partition coefficient (Wildman–Crippen LogP) is 2.89. The molecule has 1 rings (SSSR count). The maximum atomic E-state index is 4.21. The second-order valence-electron chi connectivity index (χ2n) is 2.80. The van der Waals surface area contributed by atoms with Crippen LogP contribution in [-0.2, 0) is 0 Å². The Hall–Kier alpha value is -0.500. The molecule has 1 nitrogen and oxygen atoms in total. The molecule has 0 aliphatic heterocycles. The van der Waals surface area contributed by atoms with Crippen LogP contribution in [-0.4, -0.2) is 10.2 Å². The number of hydrogen-bond donors (Lipinski definition) is 0. The fourth-order valence-electron chi connectivity index (χ4n) is 0.796. The normalized spacial score (nSPS) is 10.5. The fourth-order valence-corrected chi connectivity index (χ4v) is 1.60. The van der Waals surface area contributed by atoms with E-state index in [-0.39, 0.29) is 0 Å². The quantitative estimate of drug-likeness (QED) is 0.628. The van der Waals surface area contributed by atoms with E-state index in [1.165, 1.54) is 4.90 Å². The van der Waals surface area contributed by atoms with Gasteiger partial charge in [-0.3, -0.25) is 4.98 Å². The molecule has 0 aliphatic carbocycles. The van der Waals surface area contributed by atoms with E-state index in [4.69, 9.17) is 0 Å². The van der Waals surface area contributed by atoms with Crippen LogP contribution in [0.1, 0.15) is 19.5 Å². The topological polar surface area (TPSA) is 12.9 Å². The fraction of sp³-hybridized carbons (Fsp3) is 0.444. The molecule has 1 aromatic rings. The first-order valence-electron chi connectivity index (χ1n) is 3.78. The van der Waals surface area contributed by atoms with Crippen molar-refractivity contribution in [2.75, 3.05) is 0 Å². The SMILES string of the molecule is Cc1ccc(SC(C)C)cn1. The molecular weight excluding hydrogens is 154 g/mol. The highest BCUT2D eigenvalue weighted by molar-refractivity contribution is 7.99. The standard InChI is InChI=1S/C9H13NS/c1-7(2)11-9-5-4-8(3)10-6-9/h4-7H,1-3H3. The summed E-state index contributed by atoms with van der Waals surface area (Å²) >= 11 is 1.84. The molecule has 0 spiro atoms. The van der Waals surface area contributed by atoms with Gasteiger partial charge in [0.25, 0.3) is 0 Å². The van der Waals surface area contributed by atoms with Gasteiger partial charge in [-0.2, -0.15) is 0 Å². The van der Waals surface area contributed by atoms with Crippen LogP contribution in [0.2, 0.25) is 0 Å². The zero-order valence-corrected chi connectivity index (χ0v) is 7.98. The summed E-state index contributed by atoms with van der Waals surface area (Å²) in [5.41, 5.74) is 1.08. The Morgan fingerprint density at radius 3 is 2.55 bits per heavy atom. The Bertz CT molecular complexity index is 216. The van der Waals surface area contributed by atoms with Crippen molar-refractivity contribution in [1.82, 2.24) is 4.98 Å². The first kappa shape index (κ1) is 8.60. The van der Waals surface area contributed by atoms with Gasteiger partial charge in [0.05, 0.1) is 0 Å². The summed E-state index contributed by atoms with van der Waals surface area (Å²) in [5, 5.41) is 0.638. The number of rotatable bonds is 2. The molecule has 0 radical (unpaired) electrons. The molecule has 11 heavy (non-hydrogen) atoms. The van der Waals surface area contributed by atoms with Crippen LogP contribution < -0.4 is 0 Å². The van der Waals surface area contributed by atoms with E-state index in [1.807, 2.05) is 30.9 Å². The lowest BCUT2D eigenvalue weighted by Gasteiger charge is -2.03. The van der Waals surface area contributed by atoms with Gasteiger partial charge in [-0.05, 0) is 19.1 Å². The lowest BCUT2D eigenvalue weighted by Crippen LogP contribution is -1.87. The summed E-state index contributed by atoms with van der Waals surface area (Å²) in [7, 11) is 0.